The van der Waals surface area contributed by atoms with Crippen molar-refractivity contribution < 1.29 is 4.79 Å². The van der Waals surface area contributed by atoms with E-state index in [2.05, 4.69) is 15.4 Å². The lowest BCUT2D eigenvalue weighted by Crippen LogP contribution is -2.12. The number of aromatic nitrogens is 3. The molecule has 1 amide bonds. The molecule has 0 atom stereocenters. The molecule has 0 spiro atoms. The molecule has 2 aromatic heterocycles. The van der Waals surface area contributed by atoms with Crippen LogP contribution in [0.2, 0.25) is 0 Å². The number of carbonyl (C=O) groups is 1. The van der Waals surface area contributed by atoms with Gasteiger partial charge < -0.3 is 5.32 Å². The van der Waals surface area contributed by atoms with Crippen molar-refractivity contribution in [2.75, 3.05) is 17.3 Å². The first-order valence-electron chi connectivity index (χ1n) is 6.39. The number of amides is 1. The van der Waals surface area contributed by atoms with Crippen LogP contribution in [0, 0.1) is 13.8 Å². The lowest BCUT2D eigenvalue weighted by atomic mass is 10.3. The second kappa shape index (κ2) is 6.56. The first-order chi connectivity index (χ1) is 9.61. The Kier molecular flexibility index (Phi) is 4.79. The van der Waals surface area contributed by atoms with Gasteiger partial charge in [-0.2, -0.15) is 16.9 Å². The van der Waals surface area contributed by atoms with Crippen molar-refractivity contribution in [1.82, 2.24) is 14.8 Å². The molecular formula is C14H18N4OS. The summed E-state index contributed by atoms with van der Waals surface area (Å²) in [5.74, 6) is 0.839. The van der Waals surface area contributed by atoms with Gasteiger partial charge in [0.05, 0.1) is 29.0 Å². The molecule has 0 aromatic carbocycles. The van der Waals surface area contributed by atoms with Gasteiger partial charge in [-0.15, -0.1) is 0 Å². The van der Waals surface area contributed by atoms with Gasteiger partial charge in [0.25, 0.3) is 0 Å². The number of thioether (sulfide) groups is 1. The van der Waals surface area contributed by atoms with Crippen molar-refractivity contribution in [3.05, 3.63) is 35.9 Å². The molecule has 0 saturated carbocycles. The van der Waals surface area contributed by atoms with Crippen LogP contribution in [0.25, 0.3) is 5.69 Å². The Morgan fingerprint density at radius 1 is 1.40 bits per heavy atom. The summed E-state index contributed by atoms with van der Waals surface area (Å²) in [6, 6.07) is 3.82. The number of hydrogen-bond donors (Lipinski definition) is 1. The average Bonchev–Trinajstić information content (AvgIpc) is 2.78. The molecule has 0 aliphatic rings. The van der Waals surface area contributed by atoms with Crippen molar-refractivity contribution in [1.29, 1.82) is 0 Å². The van der Waals surface area contributed by atoms with E-state index in [4.69, 9.17) is 0 Å². The van der Waals surface area contributed by atoms with Crippen LogP contribution < -0.4 is 5.32 Å². The molecule has 1 N–H and O–H groups in total. The summed E-state index contributed by atoms with van der Waals surface area (Å²) in [5, 5.41) is 7.33. The van der Waals surface area contributed by atoms with E-state index < -0.39 is 0 Å². The summed E-state index contributed by atoms with van der Waals surface area (Å²) in [5.41, 5.74) is 3.36. The molecule has 0 aliphatic heterocycles. The first-order valence-corrected chi connectivity index (χ1v) is 7.78. The predicted octanol–water partition coefficient (Wildman–Crippen LogP) is 2.58. The number of rotatable bonds is 5. The fourth-order valence-corrected chi connectivity index (χ4v) is 2.22. The second-order valence-corrected chi connectivity index (χ2v) is 5.46. The van der Waals surface area contributed by atoms with E-state index in [1.54, 1.807) is 22.6 Å². The normalized spacial score (nSPS) is 10.6. The van der Waals surface area contributed by atoms with Crippen LogP contribution in [0.5, 0.6) is 0 Å². The number of nitrogens with zero attached hydrogens (tertiary/aromatic N) is 3. The molecule has 20 heavy (non-hydrogen) atoms. The highest BCUT2D eigenvalue weighted by Crippen LogP contribution is 2.18. The minimum Gasteiger partial charge on any atom is -0.323 e. The standard InChI is InChI=1S/C14H18N4OS/c1-10-12(16-14(19)6-8-20-3)9-18(17-10)13-5-4-7-15-11(13)2/h4-5,7,9H,6,8H2,1-3H3,(H,16,19). The highest BCUT2D eigenvalue weighted by Gasteiger charge is 2.10. The van der Waals surface area contributed by atoms with Gasteiger partial charge in [-0.25, -0.2) is 4.68 Å². The van der Waals surface area contributed by atoms with Gasteiger partial charge in [-0.05, 0) is 32.2 Å². The third-order valence-corrected chi connectivity index (χ3v) is 3.54. The van der Waals surface area contributed by atoms with Gasteiger partial charge in [-0.1, -0.05) is 0 Å². The zero-order valence-corrected chi connectivity index (χ0v) is 12.7. The fourth-order valence-electron chi connectivity index (χ4n) is 1.83. The SMILES string of the molecule is CSCCC(=O)Nc1cn(-c2cccnc2C)nc1C. The Bertz CT molecular complexity index is 609. The zero-order valence-electron chi connectivity index (χ0n) is 11.9. The number of nitrogens with one attached hydrogen (secondary N) is 1. The molecule has 0 aliphatic carbocycles. The molecule has 6 heteroatoms. The molecule has 0 bridgehead atoms. The van der Waals surface area contributed by atoms with Gasteiger partial charge in [0, 0.05) is 18.4 Å². The first kappa shape index (κ1) is 14.6. The van der Waals surface area contributed by atoms with E-state index in [9.17, 15) is 4.79 Å². The summed E-state index contributed by atoms with van der Waals surface area (Å²) < 4.78 is 1.75. The molecule has 0 fully saturated rings. The Morgan fingerprint density at radius 2 is 2.20 bits per heavy atom. The van der Waals surface area contributed by atoms with Crippen molar-refractivity contribution in [3.63, 3.8) is 0 Å². The maximum Gasteiger partial charge on any atom is 0.225 e. The molecule has 0 saturated heterocycles. The van der Waals surface area contributed by atoms with Crippen LogP contribution in [0.15, 0.2) is 24.5 Å². The van der Waals surface area contributed by atoms with E-state index in [-0.39, 0.29) is 5.91 Å². The van der Waals surface area contributed by atoms with Gasteiger partial charge in [-0.3, -0.25) is 9.78 Å². The van der Waals surface area contributed by atoms with E-state index in [0.29, 0.717) is 6.42 Å². The summed E-state index contributed by atoms with van der Waals surface area (Å²) in [7, 11) is 0. The third kappa shape index (κ3) is 3.39. The second-order valence-electron chi connectivity index (χ2n) is 4.47. The number of aryl methyl sites for hydroxylation is 2. The monoisotopic (exact) mass is 290 g/mol. The highest BCUT2D eigenvalue weighted by molar-refractivity contribution is 7.98. The highest BCUT2D eigenvalue weighted by atomic mass is 32.2. The number of hydrogen-bond acceptors (Lipinski definition) is 4. The van der Waals surface area contributed by atoms with Crippen LogP contribution in [0.4, 0.5) is 5.69 Å². The number of carbonyl (C=O) groups excluding carboxylic acids is 1. The summed E-state index contributed by atoms with van der Waals surface area (Å²) >= 11 is 1.66. The summed E-state index contributed by atoms with van der Waals surface area (Å²) in [4.78, 5) is 16.0. The molecular weight excluding hydrogens is 272 g/mol. The van der Waals surface area contributed by atoms with E-state index in [1.165, 1.54) is 0 Å². The van der Waals surface area contributed by atoms with E-state index in [1.807, 2.05) is 38.4 Å². The van der Waals surface area contributed by atoms with Crippen molar-refractivity contribution in [2.24, 2.45) is 0 Å². The van der Waals surface area contributed by atoms with Crippen LogP contribution >= 0.6 is 11.8 Å². The van der Waals surface area contributed by atoms with Crippen molar-refractivity contribution in [2.45, 2.75) is 20.3 Å². The van der Waals surface area contributed by atoms with Gasteiger partial charge in [0.1, 0.15) is 0 Å². The minimum absolute atomic E-state index is 0.0184. The molecule has 106 valence electrons. The van der Waals surface area contributed by atoms with Crippen molar-refractivity contribution >= 4 is 23.4 Å². The molecule has 2 aromatic rings. The van der Waals surface area contributed by atoms with Crippen LogP contribution in [-0.2, 0) is 4.79 Å². The van der Waals surface area contributed by atoms with Crippen LogP contribution in [0.3, 0.4) is 0 Å². The van der Waals surface area contributed by atoms with Crippen LogP contribution in [-0.4, -0.2) is 32.7 Å². The summed E-state index contributed by atoms with van der Waals surface area (Å²) in [6.07, 6.45) is 6.08. The van der Waals surface area contributed by atoms with Gasteiger partial charge in [0.2, 0.25) is 5.91 Å². The average molecular weight is 290 g/mol. The lowest BCUT2D eigenvalue weighted by Gasteiger charge is -2.03. The Labute approximate surface area is 122 Å². The molecule has 5 nitrogen and oxygen atoms in total. The fraction of sp³-hybridized carbons (Fsp3) is 0.357. The third-order valence-electron chi connectivity index (χ3n) is 2.93. The van der Waals surface area contributed by atoms with Gasteiger partial charge >= 0.3 is 0 Å². The molecule has 0 unspecified atom stereocenters. The van der Waals surface area contributed by atoms with Crippen LogP contribution in [0.1, 0.15) is 17.8 Å². The maximum atomic E-state index is 11.8. The predicted molar refractivity (Wildman–Crippen MR) is 82.5 cm³/mol. The molecule has 2 rings (SSSR count). The van der Waals surface area contributed by atoms with E-state index >= 15 is 0 Å². The minimum atomic E-state index is 0.0184. The lowest BCUT2D eigenvalue weighted by molar-refractivity contribution is -0.115. The maximum absolute atomic E-state index is 11.8. The number of anilines is 1. The van der Waals surface area contributed by atoms with E-state index in [0.717, 1.165) is 28.5 Å². The van der Waals surface area contributed by atoms with Crippen molar-refractivity contribution in [3.8, 4) is 5.69 Å². The molecule has 0 radical (unpaired) electrons. The zero-order chi connectivity index (χ0) is 14.5. The Balaban J connectivity index is 2.18. The smallest absolute Gasteiger partial charge is 0.225 e. The quantitative estimate of drug-likeness (QED) is 0.919. The largest absolute Gasteiger partial charge is 0.323 e. The molecule has 2 heterocycles. The summed E-state index contributed by atoms with van der Waals surface area (Å²) in [6.45, 7) is 3.81. The Hall–Kier alpha value is -1.82. The number of pyridine rings is 1. The Morgan fingerprint density at radius 3 is 2.90 bits per heavy atom. The van der Waals surface area contributed by atoms with Gasteiger partial charge in [0.15, 0.2) is 0 Å². The topological polar surface area (TPSA) is 59.8 Å².